The largest absolute Gasteiger partial charge is 0.325 e. The molecule has 0 spiro atoms. The highest BCUT2D eigenvalue weighted by Crippen LogP contribution is 2.17. The van der Waals surface area contributed by atoms with Gasteiger partial charge < -0.3 is 10.6 Å². The molecule has 1 heterocycles. The van der Waals surface area contributed by atoms with E-state index in [4.69, 9.17) is 0 Å². The summed E-state index contributed by atoms with van der Waals surface area (Å²) in [5, 5.41) is 6.23. The number of carbonyl (C=O) groups is 1. The first-order valence-electron chi connectivity index (χ1n) is 9.34. The molecule has 0 bridgehead atoms. The van der Waals surface area contributed by atoms with Crippen molar-refractivity contribution in [2.45, 2.75) is 51.5 Å². The number of carbonyl (C=O) groups excluding carboxylic acids is 1. The van der Waals surface area contributed by atoms with Crippen LogP contribution in [-0.4, -0.2) is 18.5 Å². The van der Waals surface area contributed by atoms with Crippen LogP contribution in [0.2, 0.25) is 0 Å². The molecule has 3 rings (SSSR count). The van der Waals surface area contributed by atoms with E-state index >= 15 is 0 Å². The first kappa shape index (κ1) is 17.7. The molecule has 1 aliphatic rings. The van der Waals surface area contributed by atoms with E-state index in [2.05, 4.69) is 60.9 Å². The highest BCUT2D eigenvalue weighted by molar-refractivity contribution is 5.95. The molecule has 0 saturated carbocycles. The molecule has 0 aliphatic carbocycles. The van der Waals surface area contributed by atoms with Crippen LogP contribution in [-0.2, 0) is 17.6 Å². The average molecular weight is 336 g/mol. The molecule has 0 aromatic heterocycles. The van der Waals surface area contributed by atoms with Crippen LogP contribution in [0.3, 0.4) is 0 Å². The smallest absolute Gasteiger partial charge is 0.241 e. The molecule has 3 heteroatoms. The van der Waals surface area contributed by atoms with Gasteiger partial charge in [-0.1, -0.05) is 50.2 Å². The number of anilines is 1. The van der Waals surface area contributed by atoms with Gasteiger partial charge in [0, 0.05) is 5.69 Å². The van der Waals surface area contributed by atoms with Gasteiger partial charge in [-0.3, -0.25) is 4.79 Å². The molecule has 2 aromatic carbocycles. The second-order valence-electron chi connectivity index (χ2n) is 7.23. The quantitative estimate of drug-likeness (QED) is 0.826. The molecule has 0 radical (unpaired) electrons. The summed E-state index contributed by atoms with van der Waals surface area (Å²) in [6.45, 7) is 5.38. The van der Waals surface area contributed by atoms with E-state index < -0.39 is 0 Å². The van der Waals surface area contributed by atoms with Gasteiger partial charge in [0.25, 0.3) is 0 Å². The molecule has 1 fully saturated rings. The third-order valence-electron chi connectivity index (χ3n) is 4.95. The van der Waals surface area contributed by atoms with E-state index in [1.165, 1.54) is 16.7 Å². The van der Waals surface area contributed by atoms with E-state index in [-0.39, 0.29) is 11.9 Å². The van der Waals surface area contributed by atoms with Gasteiger partial charge in [0.05, 0.1) is 6.04 Å². The lowest BCUT2D eigenvalue weighted by Gasteiger charge is -2.11. The van der Waals surface area contributed by atoms with E-state index in [1.807, 2.05) is 12.1 Å². The highest BCUT2D eigenvalue weighted by atomic mass is 16.2. The van der Waals surface area contributed by atoms with Crippen LogP contribution >= 0.6 is 0 Å². The average Bonchev–Trinajstić information content (AvgIpc) is 3.16. The molecule has 2 N–H and O–H groups in total. The maximum atomic E-state index is 12.1. The Hall–Kier alpha value is -2.13. The van der Waals surface area contributed by atoms with Crippen LogP contribution in [0.4, 0.5) is 5.69 Å². The summed E-state index contributed by atoms with van der Waals surface area (Å²) in [7, 11) is 0. The van der Waals surface area contributed by atoms with Crippen molar-refractivity contribution in [2.75, 3.05) is 11.9 Å². The van der Waals surface area contributed by atoms with Crippen LogP contribution in [0.25, 0.3) is 0 Å². The summed E-state index contributed by atoms with van der Waals surface area (Å²) in [4.78, 5) is 12.1. The van der Waals surface area contributed by atoms with Crippen molar-refractivity contribution in [3.8, 4) is 0 Å². The summed E-state index contributed by atoms with van der Waals surface area (Å²) in [5.74, 6) is 0.659. The normalized spacial score (nSPS) is 17.0. The SMILES string of the molecule is CC(C)c1ccc(CCc2ccc(NC(=O)C3CCCN3)cc2)cc1. The molecule has 1 saturated heterocycles. The van der Waals surface area contributed by atoms with Gasteiger partial charge in [-0.15, -0.1) is 0 Å². The Bertz CT molecular complexity index is 683. The number of amides is 1. The first-order chi connectivity index (χ1) is 12.1. The topological polar surface area (TPSA) is 41.1 Å². The second-order valence-corrected chi connectivity index (χ2v) is 7.23. The van der Waals surface area contributed by atoms with Crippen molar-refractivity contribution < 1.29 is 4.79 Å². The van der Waals surface area contributed by atoms with Gasteiger partial charge in [-0.2, -0.15) is 0 Å². The zero-order chi connectivity index (χ0) is 17.6. The van der Waals surface area contributed by atoms with E-state index in [1.54, 1.807) is 0 Å². The van der Waals surface area contributed by atoms with Crippen LogP contribution < -0.4 is 10.6 Å². The summed E-state index contributed by atoms with van der Waals surface area (Å²) in [6, 6.07) is 17.1. The fourth-order valence-corrected chi connectivity index (χ4v) is 3.25. The van der Waals surface area contributed by atoms with Crippen molar-refractivity contribution in [1.29, 1.82) is 0 Å². The van der Waals surface area contributed by atoms with Crippen molar-refractivity contribution in [2.24, 2.45) is 0 Å². The van der Waals surface area contributed by atoms with Gasteiger partial charge in [-0.05, 0) is 67.0 Å². The highest BCUT2D eigenvalue weighted by Gasteiger charge is 2.21. The monoisotopic (exact) mass is 336 g/mol. The minimum absolute atomic E-state index is 0.0338. The Morgan fingerprint density at radius 2 is 1.64 bits per heavy atom. The maximum Gasteiger partial charge on any atom is 0.241 e. The minimum Gasteiger partial charge on any atom is -0.325 e. The lowest BCUT2D eigenvalue weighted by Crippen LogP contribution is -2.35. The van der Waals surface area contributed by atoms with Crippen LogP contribution in [0, 0.1) is 0 Å². The standard InChI is InChI=1S/C22H28N2O/c1-16(2)19-11-7-17(8-12-19)5-6-18-9-13-20(14-10-18)24-22(25)21-4-3-15-23-21/h7-14,16,21,23H,3-6,15H2,1-2H3,(H,24,25). The van der Waals surface area contributed by atoms with Gasteiger partial charge in [0.1, 0.15) is 0 Å². The maximum absolute atomic E-state index is 12.1. The Morgan fingerprint density at radius 3 is 2.16 bits per heavy atom. The molecule has 1 amide bonds. The Kier molecular flexibility index (Phi) is 5.87. The molecular formula is C22H28N2O. The minimum atomic E-state index is -0.0338. The molecule has 1 unspecified atom stereocenters. The summed E-state index contributed by atoms with van der Waals surface area (Å²) >= 11 is 0. The number of hydrogen-bond donors (Lipinski definition) is 2. The third-order valence-corrected chi connectivity index (χ3v) is 4.95. The number of nitrogens with one attached hydrogen (secondary N) is 2. The number of aryl methyl sites for hydroxylation is 2. The lowest BCUT2D eigenvalue weighted by molar-refractivity contribution is -0.117. The molecule has 25 heavy (non-hydrogen) atoms. The zero-order valence-electron chi connectivity index (χ0n) is 15.2. The van der Waals surface area contributed by atoms with E-state index in [0.29, 0.717) is 5.92 Å². The van der Waals surface area contributed by atoms with Crippen LogP contribution in [0.1, 0.15) is 49.3 Å². The molecule has 132 valence electrons. The number of rotatable bonds is 6. The zero-order valence-corrected chi connectivity index (χ0v) is 15.2. The fraction of sp³-hybridized carbons (Fsp3) is 0.409. The summed E-state index contributed by atoms with van der Waals surface area (Å²) < 4.78 is 0. The van der Waals surface area contributed by atoms with Crippen molar-refractivity contribution in [1.82, 2.24) is 5.32 Å². The third kappa shape index (κ3) is 4.93. The van der Waals surface area contributed by atoms with Gasteiger partial charge >= 0.3 is 0 Å². The van der Waals surface area contributed by atoms with Gasteiger partial charge in [0.2, 0.25) is 5.91 Å². The Morgan fingerprint density at radius 1 is 1.04 bits per heavy atom. The Balaban J connectivity index is 1.51. The summed E-state index contributed by atoms with van der Waals surface area (Å²) in [6.07, 6.45) is 4.06. The molecular weight excluding hydrogens is 308 g/mol. The molecule has 2 aromatic rings. The van der Waals surface area contributed by atoms with Crippen molar-refractivity contribution in [3.05, 3.63) is 65.2 Å². The number of benzene rings is 2. The Labute approximate surface area is 150 Å². The van der Waals surface area contributed by atoms with Gasteiger partial charge in [-0.25, -0.2) is 0 Å². The molecule has 1 aliphatic heterocycles. The van der Waals surface area contributed by atoms with Crippen molar-refractivity contribution >= 4 is 11.6 Å². The number of hydrogen-bond acceptors (Lipinski definition) is 2. The van der Waals surface area contributed by atoms with Crippen molar-refractivity contribution in [3.63, 3.8) is 0 Å². The molecule has 1 atom stereocenters. The van der Waals surface area contributed by atoms with E-state index in [0.717, 1.165) is 37.9 Å². The molecule has 3 nitrogen and oxygen atoms in total. The fourth-order valence-electron chi connectivity index (χ4n) is 3.25. The van der Waals surface area contributed by atoms with Gasteiger partial charge in [0.15, 0.2) is 0 Å². The predicted molar refractivity (Wildman–Crippen MR) is 104 cm³/mol. The predicted octanol–water partition coefficient (Wildman–Crippen LogP) is 4.29. The van der Waals surface area contributed by atoms with Crippen LogP contribution in [0.15, 0.2) is 48.5 Å². The van der Waals surface area contributed by atoms with E-state index in [9.17, 15) is 4.79 Å². The van der Waals surface area contributed by atoms with Crippen LogP contribution in [0.5, 0.6) is 0 Å². The summed E-state index contributed by atoms with van der Waals surface area (Å²) in [5.41, 5.74) is 4.93. The lowest BCUT2D eigenvalue weighted by atomic mass is 9.99. The second kappa shape index (κ2) is 8.30. The first-order valence-corrected chi connectivity index (χ1v) is 9.34.